The van der Waals surface area contributed by atoms with Crippen molar-refractivity contribution in [1.29, 1.82) is 0 Å². The zero-order chi connectivity index (χ0) is 29.6. The predicted molar refractivity (Wildman–Crippen MR) is 159 cm³/mol. The number of hydrogen-bond acceptors (Lipinski definition) is 4. The Balaban J connectivity index is 1.68. The molecule has 1 atom stereocenters. The standard InChI is InChI=1S/C31H35ClFN3O4S/c1-22-15-17-27(18-16-22)41(39,40)36(29-14-7-6-13-28(29)33)21-30(37)35(20-24-9-8-10-25(32)19-24)23(2)31(38)34-26-11-4-3-5-12-26/h6-10,13-19,23,26H,3-5,11-12,20-21H2,1-2H3,(H,34,38)/t23-/m0/s1. The summed E-state index contributed by atoms with van der Waals surface area (Å²) in [6, 6.07) is 17.5. The van der Waals surface area contributed by atoms with E-state index in [9.17, 15) is 18.0 Å². The number of benzene rings is 3. The lowest BCUT2D eigenvalue weighted by Gasteiger charge is -2.33. The third-order valence-corrected chi connectivity index (χ3v) is 9.38. The maximum Gasteiger partial charge on any atom is 0.264 e. The van der Waals surface area contributed by atoms with Crippen molar-refractivity contribution in [2.75, 3.05) is 10.8 Å². The van der Waals surface area contributed by atoms with Crippen LogP contribution in [0.2, 0.25) is 5.02 Å². The molecule has 7 nitrogen and oxygen atoms in total. The van der Waals surface area contributed by atoms with Gasteiger partial charge >= 0.3 is 0 Å². The van der Waals surface area contributed by atoms with Crippen molar-refractivity contribution in [1.82, 2.24) is 10.2 Å². The molecule has 1 aliphatic rings. The average Bonchev–Trinajstić information content (AvgIpc) is 2.95. The monoisotopic (exact) mass is 599 g/mol. The van der Waals surface area contributed by atoms with Crippen LogP contribution in [-0.4, -0.2) is 43.8 Å². The minimum atomic E-state index is -4.35. The number of halogens is 2. The van der Waals surface area contributed by atoms with E-state index < -0.39 is 34.3 Å². The maximum absolute atomic E-state index is 15.0. The number of amides is 2. The molecule has 41 heavy (non-hydrogen) atoms. The number of carbonyl (C=O) groups excluding carboxylic acids is 2. The summed E-state index contributed by atoms with van der Waals surface area (Å²) < 4.78 is 43.4. The van der Waals surface area contributed by atoms with Crippen LogP contribution in [0.1, 0.15) is 50.2 Å². The summed E-state index contributed by atoms with van der Waals surface area (Å²) in [6.07, 6.45) is 4.92. The molecule has 1 saturated carbocycles. The third kappa shape index (κ3) is 7.65. The van der Waals surface area contributed by atoms with Gasteiger partial charge in [0, 0.05) is 17.6 Å². The Morgan fingerprint density at radius 3 is 2.34 bits per heavy atom. The highest BCUT2D eigenvalue weighted by molar-refractivity contribution is 7.92. The number of nitrogens with one attached hydrogen (secondary N) is 1. The number of aryl methyl sites for hydroxylation is 1. The van der Waals surface area contributed by atoms with Gasteiger partial charge in [-0.05, 0) is 68.7 Å². The average molecular weight is 600 g/mol. The highest BCUT2D eigenvalue weighted by Crippen LogP contribution is 2.27. The number of sulfonamides is 1. The Morgan fingerprint density at radius 1 is 1.00 bits per heavy atom. The van der Waals surface area contributed by atoms with Gasteiger partial charge in [0.2, 0.25) is 11.8 Å². The van der Waals surface area contributed by atoms with E-state index in [1.165, 1.54) is 35.2 Å². The molecule has 0 aromatic heterocycles. The molecule has 2 amide bonds. The smallest absolute Gasteiger partial charge is 0.264 e. The van der Waals surface area contributed by atoms with Gasteiger partial charge in [-0.25, -0.2) is 12.8 Å². The normalized spacial score (nSPS) is 14.7. The van der Waals surface area contributed by atoms with Crippen molar-refractivity contribution >= 4 is 39.1 Å². The summed E-state index contributed by atoms with van der Waals surface area (Å²) in [7, 11) is -4.35. The molecule has 0 unspecified atom stereocenters. The SMILES string of the molecule is Cc1ccc(S(=O)(=O)N(CC(=O)N(Cc2cccc(Cl)c2)[C@@H](C)C(=O)NC2CCCCC2)c2ccccc2F)cc1. The van der Waals surface area contributed by atoms with E-state index in [-0.39, 0.29) is 29.1 Å². The van der Waals surface area contributed by atoms with Crippen LogP contribution in [0.15, 0.2) is 77.7 Å². The van der Waals surface area contributed by atoms with Crippen molar-refractivity contribution < 1.29 is 22.4 Å². The van der Waals surface area contributed by atoms with Crippen LogP contribution in [0.3, 0.4) is 0 Å². The first-order valence-electron chi connectivity index (χ1n) is 13.7. The lowest BCUT2D eigenvalue weighted by molar-refractivity contribution is -0.139. The van der Waals surface area contributed by atoms with E-state index in [2.05, 4.69) is 5.32 Å². The molecule has 4 rings (SSSR count). The molecule has 0 radical (unpaired) electrons. The topological polar surface area (TPSA) is 86.8 Å². The zero-order valence-electron chi connectivity index (χ0n) is 23.2. The second-order valence-corrected chi connectivity index (χ2v) is 12.7. The summed E-state index contributed by atoms with van der Waals surface area (Å²) in [4.78, 5) is 28.6. The summed E-state index contributed by atoms with van der Waals surface area (Å²) in [5.74, 6) is -1.78. The van der Waals surface area contributed by atoms with Gasteiger partial charge in [-0.15, -0.1) is 0 Å². The molecule has 0 saturated heterocycles. The zero-order valence-corrected chi connectivity index (χ0v) is 24.8. The minimum absolute atomic E-state index is 0.00827. The van der Waals surface area contributed by atoms with Gasteiger partial charge in [0.1, 0.15) is 18.4 Å². The second kappa shape index (κ2) is 13.5. The maximum atomic E-state index is 15.0. The van der Waals surface area contributed by atoms with Crippen LogP contribution in [0.4, 0.5) is 10.1 Å². The van der Waals surface area contributed by atoms with Crippen LogP contribution in [0, 0.1) is 12.7 Å². The largest absolute Gasteiger partial charge is 0.352 e. The molecule has 1 N–H and O–H groups in total. The van der Waals surface area contributed by atoms with E-state index in [1.54, 1.807) is 43.3 Å². The van der Waals surface area contributed by atoms with Crippen molar-refractivity contribution in [3.63, 3.8) is 0 Å². The van der Waals surface area contributed by atoms with E-state index in [0.29, 0.717) is 10.6 Å². The lowest BCUT2D eigenvalue weighted by Crippen LogP contribution is -2.53. The summed E-state index contributed by atoms with van der Waals surface area (Å²) in [6.45, 7) is 2.73. The molecular weight excluding hydrogens is 565 g/mol. The Bertz CT molecular complexity index is 1480. The van der Waals surface area contributed by atoms with Crippen molar-refractivity contribution in [2.24, 2.45) is 0 Å². The first-order chi connectivity index (χ1) is 19.6. The van der Waals surface area contributed by atoms with Gasteiger partial charge in [0.25, 0.3) is 10.0 Å². The van der Waals surface area contributed by atoms with E-state index >= 15 is 4.39 Å². The molecule has 0 heterocycles. The summed E-state index contributed by atoms with van der Waals surface area (Å²) in [5.41, 5.74) is 1.26. The van der Waals surface area contributed by atoms with E-state index in [0.717, 1.165) is 48.0 Å². The van der Waals surface area contributed by atoms with Crippen molar-refractivity contribution in [2.45, 2.75) is 69.5 Å². The quantitative estimate of drug-likeness (QED) is 0.317. The minimum Gasteiger partial charge on any atom is -0.352 e. The van der Waals surface area contributed by atoms with E-state index in [4.69, 9.17) is 11.6 Å². The Hall–Kier alpha value is -3.43. The van der Waals surface area contributed by atoms with E-state index in [1.807, 2.05) is 6.92 Å². The van der Waals surface area contributed by atoms with Gasteiger partial charge in [-0.3, -0.25) is 13.9 Å². The van der Waals surface area contributed by atoms with Crippen molar-refractivity contribution in [3.05, 3.63) is 94.8 Å². The second-order valence-electron chi connectivity index (χ2n) is 10.4. The fourth-order valence-corrected chi connectivity index (χ4v) is 6.62. The highest BCUT2D eigenvalue weighted by Gasteiger charge is 2.34. The molecule has 10 heteroatoms. The molecule has 0 spiro atoms. The van der Waals surface area contributed by atoms with Gasteiger partial charge in [-0.2, -0.15) is 0 Å². The molecule has 0 aliphatic heterocycles. The van der Waals surface area contributed by atoms with Crippen LogP contribution >= 0.6 is 11.6 Å². The van der Waals surface area contributed by atoms with Gasteiger partial charge in [-0.1, -0.05) is 72.8 Å². The first-order valence-corrected chi connectivity index (χ1v) is 15.6. The molecule has 218 valence electrons. The fourth-order valence-electron chi connectivity index (χ4n) is 4.99. The summed E-state index contributed by atoms with van der Waals surface area (Å²) >= 11 is 6.19. The Kier molecular flexibility index (Phi) is 10.0. The number of anilines is 1. The Labute approximate surface area is 246 Å². The molecular formula is C31H35ClFN3O4S. The van der Waals surface area contributed by atoms with Crippen LogP contribution in [-0.2, 0) is 26.2 Å². The lowest BCUT2D eigenvalue weighted by atomic mass is 9.95. The molecule has 3 aromatic rings. The van der Waals surface area contributed by atoms with Crippen LogP contribution in [0.5, 0.6) is 0 Å². The molecule has 0 bridgehead atoms. The fraction of sp³-hybridized carbons (Fsp3) is 0.355. The third-order valence-electron chi connectivity index (χ3n) is 7.37. The first kappa shape index (κ1) is 30.5. The van der Waals surface area contributed by atoms with Gasteiger partial charge < -0.3 is 10.2 Å². The molecule has 3 aromatic carbocycles. The van der Waals surface area contributed by atoms with Crippen LogP contribution in [0.25, 0.3) is 0 Å². The number of hydrogen-bond donors (Lipinski definition) is 1. The number of rotatable bonds is 10. The Morgan fingerprint density at radius 2 is 1.68 bits per heavy atom. The molecule has 1 aliphatic carbocycles. The van der Waals surface area contributed by atoms with Gasteiger partial charge in [0.05, 0.1) is 10.6 Å². The summed E-state index contributed by atoms with van der Waals surface area (Å²) in [5, 5.41) is 3.52. The van der Waals surface area contributed by atoms with Gasteiger partial charge in [0.15, 0.2) is 0 Å². The van der Waals surface area contributed by atoms with Crippen molar-refractivity contribution in [3.8, 4) is 0 Å². The highest BCUT2D eigenvalue weighted by atomic mass is 35.5. The molecule has 1 fully saturated rings. The number of carbonyl (C=O) groups is 2. The number of nitrogens with zero attached hydrogens (tertiary/aromatic N) is 2. The van der Waals surface area contributed by atoms with Crippen LogP contribution < -0.4 is 9.62 Å². The number of para-hydroxylation sites is 1. The predicted octanol–water partition coefficient (Wildman–Crippen LogP) is 5.85.